The van der Waals surface area contributed by atoms with Crippen LogP contribution in [0, 0.1) is 0 Å². The molecule has 0 saturated heterocycles. The number of hydrogen-bond donors (Lipinski definition) is 2. The van der Waals surface area contributed by atoms with Crippen LogP contribution in [0.1, 0.15) is 19.3 Å². The lowest BCUT2D eigenvalue weighted by atomic mass is 10.0. The van der Waals surface area contributed by atoms with Gasteiger partial charge in [-0.3, -0.25) is 0 Å². The highest BCUT2D eigenvalue weighted by Gasteiger charge is 2.12. The molecule has 0 saturated carbocycles. The molecular weight excluding hydrogens is 224 g/mol. The number of nitrogens with two attached hydrogens (primary N) is 1. The number of anilines is 2. The summed E-state index contributed by atoms with van der Waals surface area (Å²) < 4.78 is 0. The first-order chi connectivity index (χ1) is 8.83. The highest BCUT2D eigenvalue weighted by atomic mass is 15.0. The Morgan fingerprint density at radius 3 is 3.00 bits per heavy atom. The van der Waals surface area contributed by atoms with E-state index in [0.717, 1.165) is 41.7 Å². The molecule has 1 heterocycles. The zero-order chi connectivity index (χ0) is 12.4. The first-order valence-corrected chi connectivity index (χ1v) is 6.25. The summed E-state index contributed by atoms with van der Waals surface area (Å²) in [4.78, 5) is 8.60. The number of nitrogen functional groups attached to an aromatic ring is 1. The highest BCUT2D eigenvalue weighted by molar-refractivity contribution is 5.91. The maximum Gasteiger partial charge on any atom is 0.137 e. The second-order valence-electron chi connectivity index (χ2n) is 4.62. The van der Waals surface area contributed by atoms with Crippen LogP contribution in [0.2, 0.25) is 0 Å². The minimum atomic E-state index is 0.453. The summed E-state index contributed by atoms with van der Waals surface area (Å²) in [6.07, 6.45) is 9.37. The zero-order valence-electron chi connectivity index (χ0n) is 10.1. The van der Waals surface area contributed by atoms with E-state index in [-0.39, 0.29) is 0 Å². The Morgan fingerprint density at radius 2 is 2.17 bits per heavy atom. The average Bonchev–Trinajstić information content (AvgIpc) is 2.41. The normalized spacial score (nSPS) is 19.0. The maximum absolute atomic E-state index is 5.83. The van der Waals surface area contributed by atoms with E-state index in [9.17, 15) is 0 Å². The SMILES string of the molecule is Nc1ccc2ncnc(NC3CC=CCC3)c2c1. The summed E-state index contributed by atoms with van der Waals surface area (Å²) in [5.41, 5.74) is 7.50. The molecule has 3 rings (SSSR count). The van der Waals surface area contributed by atoms with Crippen molar-refractivity contribution in [3.63, 3.8) is 0 Å². The van der Waals surface area contributed by atoms with Gasteiger partial charge in [0.05, 0.1) is 5.52 Å². The Balaban J connectivity index is 1.95. The van der Waals surface area contributed by atoms with Crippen molar-refractivity contribution in [3.05, 3.63) is 36.7 Å². The van der Waals surface area contributed by atoms with E-state index in [1.165, 1.54) is 0 Å². The molecular formula is C14H16N4. The molecule has 1 atom stereocenters. The molecule has 0 radical (unpaired) electrons. The lowest BCUT2D eigenvalue weighted by Gasteiger charge is -2.20. The standard InChI is InChI=1S/C14H16N4/c15-10-6-7-13-12(8-10)14(17-9-16-13)18-11-4-2-1-3-5-11/h1-2,6-9,11H,3-5,15H2,(H,16,17,18). The molecule has 0 aliphatic heterocycles. The molecule has 0 bridgehead atoms. The Labute approximate surface area is 106 Å². The van der Waals surface area contributed by atoms with Gasteiger partial charge in [0.15, 0.2) is 0 Å². The molecule has 1 aromatic carbocycles. The molecule has 0 fully saturated rings. The van der Waals surface area contributed by atoms with E-state index < -0.39 is 0 Å². The van der Waals surface area contributed by atoms with Crippen molar-refractivity contribution in [1.82, 2.24) is 9.97 Å². The highest BCUT2D eigenvalue weighted by Crippen LogP contribution is 2.24. The van der Waals surface area contributed by atoms with Crippen molar-refractivity contribution >= 4 is 22.4 Å². The van der Waals surface area contributed by atoms with E-state index in [2.05, 4.69) is 27.4 Å². The van der Waals surface area contributed by atoms with Crippen LogP contribution in [-0.2, 0) is 0 Å². The molecule has 1 aliphatic carbocycles. The maximum atomic E-state index is 5.83. The van der Waals surface area contributed by atoms with Gasteiger partial charge in [-0.15, -0.1) is 0 Å². The topological polar surface area (TPSA) is 63.8 Å². The van der Waals surface area contributed by atoms with E-state index >= 15 is 0 Å². The summed E-state index contributed by atoms with van der Waals surface area (Å²) in [6.45, 7) is 0. The van der Waals surface area contributed by atoms with Crippen LogP contribution in [0.5, 0.6) is 0 Å². The van der Waals surface area contributed by atoms with Gasteiger partial charge in [-0.05, 0) is 37.5 Å². The predicted octanol–water partition coefficient (Wildman–Crippen LogP) is 2.73. The fourth-order valence-corrected chi connectivity index (χ4v) is 2.31. The molecule has 1 aromatic heterocycles. The smallest absolute Gasteiger partial charge is 0.137 e. The number of aromatic nitrogens is 2. The second kappa shape index (κ2) is 4.64. The van der Waals surface area contributed by atoms with Crippen LogP contribution in [0.4, 0.5) is 11.5 Å². The minimum absolute atomic E-state index is 0.453. The van der Waals surface area contributed by atoms with Crippen LogP contribution in [0.15, 0.2) is 36.7 Å². The van der Waals surface area contributed by atoms with Crippen molar-refractivity contribution < 1.29 is 0 Å². The lowest BCUT2D eigenvalue weighted by molar-refractivity contribution is 0.643. The van der Waals surface area contributed by atoms with Crippen molar-refractivity contribution in [2.24, 2.45) is 0 Å². The Kier molecular flexibility index (Phi) is 2.84. The molecule has 3 N–H and O–H groups in total. The summed E-state index contributed by atoms with van der Waals surface area (Å²) in [6, 6.07) is 6.17. The largest absolute Gasteiger partial charge is 0.399 e. The first-order valence-electron chi connectivity index (χ1n) is 6.25. The van der Waals surface area contributed by atoms with E-state index in [1.54, 1.807) is 6.33 Å². The molecule has 18 heavy (non-hydrogen) atoms. The minimum Gasteiger partial charge on any atom is -0.399 e. The van der Waals surface area contributed by atoms with Crippen molar-refractivity contribution in [1.29, 1.82) is 0 Å². The van der Waals surface area contributed by atoms with Crippen molar-refractivity contribution in [2.75, 3.05) is 11.1 Å². The van der Waals surface area contributed by atoms with E-state index in [4.69, 9.17) is 5.73 Å². The van der Waals surface area contributed by atoms with Gasteiger partial charge in [0.1, 0.15) is 12.1 Å². The van der Waals surface area contributed by atoms with Crippen LogP contribution in [-0.4, -0.2) is 16.0 Å². The van der Waals surface area contributed by atoms with Crippen LogP contribution >= 0.6 is 0 Å². The fraction of sp³-hybridized carbons (Fsp3) is 0.286. The molecule has 1 unspecified atom stereocenters. The van der Waals surface area contributed by atoms with Crippen molar-refractivity contribution in [3.8, 4) is 0 Å². The third-order valence-corrected chi connectivity index (χ3v) is 3.27. The summed E-state index contributed by atoms with van der Waals surface area (Å²) in [7, 11) is 0. The van der Waals surface area contributed by atoms with Crippen LogP contribution in [0.3, 0.4) is 0 Å². The number of benzene rings is 1. The average molecular weight is 240 g/mol. The Hall–Kier alpha value is -2.10. The van der Waals surface area contributed by atoms with Gasteiger partial charge in [0.2, 0.25) is 0 Å². The van der Waals surface area contributed by atoms with Crippen molar-refractivity contribution in [2.45, 2.75) is 25.3 Å². The van der Waals surface area contributed by atoms with Gasteiger partial charge < -0.3 is 11.1 Å². The number of rotatable bonds is 2. The van der Waals surface area contributed by atoms with E-state index in [1.807, 2.05) is 18.2 Å². The first kappa shape index (κ1) is 11.0. The zero-order valence-corrected chi connectivity index (χ0v) is 10.1. The Bertz CT molecular complexity index is 591. The molecule has 4 heteroatoms. The molecule has 0 spiro atoms. The van der Waals surface area contributed by atoms with Gasteiger partial charge in [-0.2, -0.15) is 0 Å². The lowest BCUT2D eigenvalue weighted by Crippen LogP contribution is -2.21. The summed E-state index contributed by atoms with van der Waals surface area (Å²) in [5.74, 6) is 0.882. The fourth-order valence-electron chi connectivity index (χ4n) is 2.31. The molecule has 1 aliphatic rings. The third kappa shape index (κ3) is 2.14. The summed E-state index contributed by atoms with van der Waals surface area (Å²) in [5, 5.41) is 4.49. The van der Waals surface area contributed by atoms with Gasteiger partial charge in [0, 0.05) is 17.1 Å². The summed E-state index contributed by atoms with van der Waals surface area (Å²) >= 11 is 0. The third-order valence-electron chi connectivity index (χ3n) is 3.27. The van der Waals surface area contributed by atoms with E-state index in [0.29, 0.717) is 6.04 Å². The van der Waals surface area contributed by atoms with Gasteiger partial charge in [0.25, 0.3) is 0 Å². The molecule has 2 aromatic rings. The number of hydrogen-bond acceptors (Lipinski definition) is 4. The Morgan fingerprint density at radius 1 is 1.22 bits per heavy atom. The number of nitrogens with zero attached hydrogens (tertiary/aromatic N) is 2. The van der Waals surface area contributed by atoms with Crippen LogP contribution < -0.4 is 11.1 Å². The number of fused-ring (bicyclic) bond motifs is 1. The number of nitrogens with one attached hydrogen (secondary N) is 1. The van der Waals surface area contributed by atoms with Gasteiger partial charge in [-0.1, -0.05) is 12.2 Å². The van der Waals surface area contributed by atoms with Crippen LogP contribution in [0.25, 0.3) is 10.9 Å². The van der Waals surface area contributed by atoms with Gasteiger partial charge >= 0.3 is 0 Å². The monoisotopic (exact) mass is 240 g/mol. The predicted molar refractivity (Wildman–Crippen MR) is 74.4 cm³/mol. The number of allylic oxidation sites excluding steroid dienone is 1. The van der Waals surface area contributed by atoms with Gasteiger partial charge in [-0.25, -0.2) is 9.97 Å². The quantitative estimate of drug-likeness (QED) is 0.625. The molecule has 0 amide bonds. The molecule has 4 nitrogen and oxygen atoms in total. The second-order valence-corrected chi connectivity index (χ2v) is 4.62. The molecule has 92 valence electrons.